The topological polar surface area (TPSA) is 327 Å². The highest BCUT2D eigenvalue weighted by molar-refractivity contribution is 9.09. The molecule has 0 saturated carbocycles. The Hall–Kier alpha value is -6.41. The highest BCUT2D eigenvalue weighted by Gasteiger charge is 2.58. The van der Waals surface area contributed by atoms with Crippen LogP contribution in [0.4, 0.5) is 15.3 Å². The number of nitrogens with one attached hydrogen (secondary N) is 4. The van der Waals surface area contributed by atoms with Crippen LogP contribution in [0.1, 0.15) is 131 Å². The number of hydrazine groups is 1. The van der Waals surface area contributed by atoms with E-state index in [1.165, 1.54) is 41.2 Å². The molecule has 84 heavy (non-hydrogen) atoms. The summed E-state index contributed by atoms with van der Waals surface area (Å²) in [6.45, 7) is 13.4. The van der Waals surface area contributed by atoms with Crippen LogP contribution in [0.25, 0.3) is 0 Å². The van der Waals surface area contributed by atoms with Gasteiger partial charge in [0.05, 0.1) is 42.7 Å². The minimum absolute atomic E-state index is 0.0508. The minimum atomic E-state index is -1.42. The maximum Gasteiger partial charge on any atom is 0.429 e. The van der Waals surface area contributed by atoms with Crippen LogP contribution < -0.4 is 31.9 Å². The Morgan fingerprint density at radius 2 is 1.61 bits per heavy atom. The van der Waals surface area contributed by atoms with Gasteiger partial charge in [-0.2, -0.15) is 0 Å². The van der Waals surface area contributed by atoms with Crippen molar-refractivity contribution in [1.29, 1.82) is 0 Å². The summed E-state index contributed by atoms with van der Waals surface area (Å²) < 4.78 is 29.3. The smallest absolute Gasteiger partial charge is 0.429 e. The number of nitrogens with zero attached hydrogens (tertiary/aromatic N) is 3. The molecular weight excluding hydrogens is 1160 g/mol. The average Bonchev–Trinajstić information content (AvgIpc) is 2.09. The van der Waals surface area contributed by atoms with Crippen LogP contribution >= 0.6 is 15.9 Å². The predicted octanol–water partition coefficient (Wildman–Crippen LogP) is 4.99. The molecule has 8 amide bonds. The molecule has 11 atom stereocenters. The molecule has 24 nitrogen and oxygen atoms in total. The number of aliphatic hydroxyl groups excluding tert-OH is 1. The Morgan fingerprint density at radius 1 is 0.917 bits per heavy atom. The van der Waals surface area contributed by atoms with Crippen molar-refractivity contribution in [3.63, 3.8) is 0 Å². The van der Waals surface area contributed by atoms with Gasteiger partial charge in [-0.25, -0.2) is 24.4 Å². The fourth-order valence-electron chi connectivity index (χ4n) is 10.5. The first kappa shape index (κ1) is 68.4. The van der Waals surface area contributed by atoms with Gasteiger partial charge in [-0.3, -0.25) is 33.7 Å². The van der Waals surface area contributed by atoms with E-state index in [1.54, 1.807) is 39.0 Å². The summed E-state index contributed by atoms with van der Waals surface area (Å²) in [6.07, 6.45) is 9.16. The van der Waals surface area contributed by atoms with Gasteiger partial charge in [-0.05, 0) is 108 Å². The minimum Gasteiger partial charge on any atom is -0.480 e. The standard InChI is InChI=1S/C59H87BrN8O16/c1-36(2)53(65-49(70)15-9-8-10-26-62-51(72)33-60)55(75)68(46(56(76)77)14-13-27-63-57(61)78)43-21-19-42(20-22-43)34-80-58(79)67-29-12-11-28-66(67)52(73)31-44-32-59(35-81-59)54(74)48(84-44)24-17-37(3)16-23-47-38(4)30-45(40(6)83-47)64-50(71)25-18-39(5)82-41(7)69/h16-22,24-25,36,38-40,44-48,53-54,74H,8-15,23,26-35H2,1-7H3,(H,62,72)(H,64,71)(H,65,70)(H,76,77)(H3,61,63,78)/b24-17+,25-18-,37-16+/t38-,39-,40+,44+,45+,46-,47-,48+,53-,54+,59+/m0/s1. The van der Waals surface area contributed by atoms with Crippen LogP contribution in [0.5, 0.6) is 0 Å². The fraction of sp³-hybridized carbons (Fsp3) is 0.644. The molecule has 4 aliphatic rings. The number of ether oxygens (including phenoxy) is 5. The third-order valence-corrected chi connectivity index (χ3v) is 15.8. The number of hydrogen-bond donors (Lipinski definition) is 7. The maximum absolute atomic E-state index is 14.5. The second-order valence-electron chi connectivity index (χ2n) is 22.5. The number of esters is 1. The van der Waals surface area contributed by atoms with Crippen molar-refractivity contribution in [3.8, 4) is 0 Å². The van der Waals surface area contributed by atoms with Gasteiger partial charge in [0.15, 0.2) is 0 Å². The molecule has 1 aromatic rings. The van der Waals surface area contributed by atoms with E-state index < -0.39 is 83.9 Å². The van der Waals surface area contributed by atoms with Gasteiger partial charge in [-0.1, -0.05) is 79.1 Å². The van der Waals surface area contributed by atoms with Crippen molar-refractivity contribution < 1.29 is 77.0 Å². The Labute approximate surface area is 500 Å². The van der Waals surface area contributed by atoms with Gasteiger partial charge in [0.2, 0.25) is 23.6 Å². The number of urea groups is 1. The predicted molar refractivity (Wildman–Crippen MR) is 313 cm³/mol. The largest absolute Gasteiger partial charge is 0.480 e. The second kappa shape index (κ2) is 33.3. The Balaban J connectivity index is 1.18. The fourth-order valence-corrected chi connectivity index (χ4v) is 10.7. The maximum atomic E-state index is 14.5. The average molecular weight is 1240 g/mol. The number of carboxylic acid groups (broad SMARTS) is 1. The molecule has 0 aliphatic carbocycles. The van der Waals surface area contributed by atoms with Gasteiger partial charge < -0.3 is 60.9 Å². The van der Waals surface area contributed by atoms with Crippen LogP contribution in [0, 0.1) is 11.8 Å². The number of aliphatic hydroxyl groups is 1. The number of rotatable bonds is 29. The lowest BCUT2D eigenvalue weighted by Gasteiger charge is -2.40. The van der Waals surface area contributed by atoms with Crippen molar-refractivity contribution in [1.82, 2.24) is 31.3 Å². The van der Waals surface area contributed by atoms with E-state index in [0.717, 1.165) is 10.5 Å². The quantitative estimate of drug-likeness (QED) is 0.0139. The van der Waals surface area contributed by atoms with Crippen LogP contribution in [-0.2, 0) is 63.9 Å². The number of hydrogen-bond acceptors (Lipinski definition) is 15. The molecule has 0 aromatic heterocycles. The van der Waals surface area contributed by atoms with Crippen molar-refractivity contribution in [2.75, 3.05) is 43.0 Å². The van der Waals surface area contributed by atoms with Gasteiger partial charge in [0, 0.05) is 57.7 Å². The van der Waals surface area contributed by atoms with Gasteiger partial charge in [-0.15, -0.1) is 0 Å². The van der Waals surface area contributed by atoms with E-state index in [1.807, 2.05) is 26.0 Å². The van der Waals surface area contributed by atoms with Crippen LogP contribution in [0.2, 0.25) is 0 Å². The first-order chi connectivity index (χ1) is 39.9. The normalized spacial score (nSPS) is 24.5. The summed E-state index contributed by atoms with van der Waals surface area (Å²) in [5.41, 5.74) is 5.93. The van der Waals surface area contributed by atoms with E-state index in [4.69, 9.17) is 29.4 Å². The van der Waals surface area contributed by atoms with E-state index in [-0.39, 0.29) is 111 Å². The summed E-state index contributed by atoms with van der Waals surface area (Å²) in [6, 6.07) is 2.67. The van der Waals surface area contributed by atoms with Crippen molar-refractivity contribution in [3.05, 3.63) is 65.8 Å². The first-order valence-corrected chi connectivity index (χ1v) is 30.2. The molecule has 5 rings (SSSR count). The van der Waals surface area contributed by atoms with Crippen molar-refractivity contribution >= 4 is 75.2 Å². The lowest BCUT2D eigenvalue weighted by molar-refractivity contribution is -0.163. The third-order valence-electron chi connectivity index (χ3n) is 15.2. The molecule has 8 N–H and O–H groups in total. The summed E-state index contributed by atoms with van der Waals surface area (Å²) in [5.74, 6) is -3.96. The van der Waals surface area contributed by atoms with Gasteiger partial charge >= 0.3 is 24.1 Å². The number of anilines is 1. The molecular formula is C59H87BrN8O16. The van der Waals surface area contributed by atoms with Gasteiger partial charge in [0.25, 0.3) is 5.91 Å². The number of benzene rings is 1. The molecule has 4 aliphatic heterocycles. The molecule has 4 heterocycles. The number of primary amides is 1. The number of carboxylic acids is 1. The lowest BCUT2D eigenvalue weighted by atomic mass is 9.87. The molecule has 0 unspecified atom stereocenters. The number of carbonyl (C=O) groups excluding carboxylic acids is 8. The molecule has 0 bridgehead atoms. The summed E-state index contributed by atoms with van der Waals surface area (Å²) in [7, 11) is 0. The third kappa shape index (κ3) is 21.3. The SMILES string of the molecule is CC(=O)O[C@@H](C)/C=C\C(=O)N[C@@H]1C[C@H](C)[C@H](C/C=C(C)/C=C/[C@H]2O[C@H](CC(=O)N3CCCCN3C(=O)OCc3ccc(N(C(=O)[C@@H](NC(=O)CCCCCNC(=O)CBr)C(C)C)[C@@H](CCCNC(N)=O)C(=O)O)cc3)C[C@@]3(CO3)[C@@H]2O)O[C@@H]1C. The van der Waals surface area contributed by atoms with Crippen LogP contribution in [-0.4, -0.2) is 172 Å². The zero-order valence-electron chi connectivity index (χ0n) is 49.4. The molecule has 25 heteroatoms. The molecule has 1 spiro atoms. The highest BCUT2D eigenvalue weighted by atomic mass is 79.9. The van der Waals surface area contributed by atoms with E-state index >= 15 is 0 Å². The number of allylic oxidation sites excluding steroid dienone is 2. The number of unbranched alkanes of at least 4 members (excludes halogenated alkanes) is 2. The molecule has 466 valence electrons. The zero-order valence-corrected chi connectivity index (χ0v) is 51.0. The van der Waals surface area contributed by atoms with E-state index in [9.17, 15) is 53.4 Å². The Kier molecular flexibility index (Phi) is 27.1. The van der Waals surface area contributed by atoms with E-state index in [0.29, 0.717) is 63.7 Å². The number of amides is 8. The summed E-state index contributed by atoms with van der Waals surface area (Å²) in [5, 5.41) is 35.7. The molecule has 1 aromatic carbocycles. The number of nitrogens with two attached hydrogens (primary N) is 1. The Bertz CT molecular complexity index is 2530. The molecule has 4 fully saturated rings. The van der Waals surface area contributed by atoms with Crippen LogP contribution in [0.15, 0.2) is 60.2 Å². The zero-order chi connectivity index (χ0) is 61.7. The van der Waals surface area contributed by atoms with Crippen molar-refractivity contribution in [2.24, 2.45) is 17.6 Å². The van der Waals surface area contributed by atoms with Crippen LogP contribution in [0.3, 0.4) is 0 Å². The second-order valence-corrected chi connectivity index (χ2v) is 23.1. The number of halogens is 1. The van der Waals surface area contributed by atoms with Gasteiger partial charge in [0.1, 0.15) is 42.6 Å². The monoisotopic (exact) mass is 1240 g/mol. The molecule has 0 radical (unpaired) electrons. The highest BCUT2D eigenvalue weighted by Crippen LogP contribution is 2.44. The summed E-state index contributed by atoms with van der Waals surface area (Å²) >= 11 is 3.10. The molecule has 4 saturated heterocycles. The van der Waals surface area contributed by atoms with E-state index in [2.05, 4.69) is 44.1 Å². The lowest BCUT2D eigenvalue weighted by Crippen LogP contribution is -2.56. The Morgan fingerprint density at radius 3 is 2.25 bits per heavy atom. The first-order valence-electron chi connectivity index (χ1n) is 29.1. The number of carbonyl (C=O) groups is 9. The van der Waals surface area contributed by atoms with Crippen molar-refractivity contribution in [2.45, 2.75) is 192 Å². The number of aliphatic carboxylic acids is 1. The summed E-state index contributed by atoms with van der Waals surface area (Å²) in [4.78, 5) is 116. The number of epoxide rings is 1. The number of alkyl halides is 1.